The van der Waals surface area contributed by atoms with Gasteiger partial charge in [-0.25, -0.2) is 0 Å². The molecule has 0 fully saturated rings. The van der Waals surface area contributed by atoms with Crippen molar-refractivity contribution in [3.8, 4) is 0 Å². The Bertz CT molecular complexity index is 295. The molecule has 0 rings (SSSR count). The number of esters is 1. The molecule has 1 atom stereocenters. The summed E-state index contributed by atoms with van der Waals surface area (Å²) in [6, 6.07) is 0. The Hall–Kier alpha value is -0.353. The maximum atomic E-state index is 11.1. The van der Waals surface area contributed by atoms with Gasteiger partial charge in [0.1, 0.15) is 6.10 Å². The van der Waals surface area contributed by atoms with E-state index in [4.69, 9.17) is 9.16 Å². The second-order valence-electron chi connectivity index (χ2n) is 7.48. The van der Waals surface area contributed by atoms with E-state index in [2.05, 4.69) is 40.8 Å². The van der Waals surface area contributed by atoms with Crippen molar-refractivity contribution in [3.63, 3.8) is 0 Å². The normalized spacial score (nSPS) is 14.0. The maximum absolute atomic E-state index is 11.1. The fourth-order valence-corrected chi connectivity index (χ4v) is 3.03. The van der Waals surface area contributed by atoms with Gasteiger partial charge in [0.15, 0.2) is 8.32 Å². The van der Waals surface area contributed by atoms with E-state index in [1.165, 1.54) is 6.92 Å². The standard InChI is InChI=1S/C17H36O3Si/c1-8-9-12-16(20-15(2)18)13-10-11-14-19-21(6,7)17(3,4)5/h16H,8-14H2,1-7H3. The van der Waals surface area contributed by atoms with Crippen LogP contribution in [0.4, 0.5) is 0 Å². The molecule has 0 heterocycles. The summed E-state index contributed by atoms with van der Waals surface area (Å²) in [5.74, 6) is -0.159. The van der Waals surface area contributed by atoms with E-state index in [1.807, 2.05) is 0 Å². The molecule has 0 radical (unpaired) electrons. The summed E-state index contributed by atoms with van der Waals surface area (Å²) < 4.78 is 11.6. The highest BCUT2D eigenvalue weighted by molar-refractivity contribution is 6.74. The first-order chi connectivity index (χ1) is 9.60. The highest BCUT2D eigenvalue weighted by Gasteiger charge is 2.36. The van der Waals surface area contributed by atoms with Gasteiger partial charge in [0.25, 0.3) is 0 Å². The third-order valence-electron chi connectivity index (χ3n) is 4.40. The molecular formula is C17H36O3Si. The third kappa shape index (κ3) is 9.30. The van der Waals surface area contributed by atoms with E-state index in [1.54, 1.807) is 0 Å². The minimum atomic E-state index is -1.61. The fourth-order valence-electron chi connectivity index (χ4n) is 1.95. The summed E-state index contributed by atoms with van der Waals surface area (Å²) in [7, 11) is -1.61. The van der Waals surface area contributed by atoms with E-state index < -0.39 is 8.32 Å². The van der Waals surface area contributed by atoms with Gasteiger partial charge in [-0.3, -0.25) is 4.79 Å². The number of unbranched alkanes of at least 4 members (excludes halogenated alkanes) is 2. The first-order valence-corrected chi connectivity index (χ1v) is 11.3. The van der Waals surface area contributed by atoms with Crippen LogP contribution in [0.1, 0.15) is 73.1 Å². The monoisotopic (exact) mass is 316 g/mol. The van der Waals surface area contributed by atoms with Crippen LogP contribution in [0.5, 0.6) is 0 Å². The number of carbonyl (C=O) groups is 1. The summed E-state index contributed by atoms with van der Waals surface area (Å²) in [6.07, 6.45) is 6.42. The molecule has 126 valence electrons. The van der Waals surface area contributed by atoms with Gasteiger partial charge in [-0.05, 0) is 43.8 Å². The predicted octanol–water partition coefficient (Wildman–Crippen LogP) is 5.30. The molecule has 0 N–H and O–H groups in total. The molecule has 3 nitrogen and oxygen atoms in total. The first kappa shape index (κ1) is 20.6. The molecule has 4 heteroatoms. The SMILES string of the molecule is CCCCC(CCCCO[Si](C)(C)C(C)(C)C)OC(C)=O. The average molecular weight is 317 g/mol. The zero-order valence-electron chi connectivity index (χ0n) is 15.3. The second-order valence-corrected chi connectivity index (χ2v) is 12.3. The quantitative estimate of drug-likeness (QED) is 0.312. The molecule has 0 saturated heterocycles. The van der Waals surface area contributed by atoms with E-state index >= 15 is 0 Å². The first-order valence-electron chi connectivity index (χ1n) is 8.41. The summed E-state index contributed by atoms with van der Waals surface area (Å²) in [5, 5.41) is 0.272. The Labute approximate surface area is 132 Å². The molecule has 0 aliphatic rings. The van der Waals surface area contributed by atoms with Crippen LogP contribution in [0.2, 0.25) is 18.1 Å². The van der Waals surface area contributed by atoms with E-state index in [-0.39, 0.29) is 17.1 Å². The van der Waals surface area contributed by atoms with Crippen LogP contribution in [-0.4, -0.2) is 27.0 Å². The van der Waals surface area contributed by atoms with Gasteiger partial charge in [0.2, 0.25) is 0 Å². The number of carbonyl (C=O) groups excluding carboxylic acids is 1. The fraction of sp³-hybridized carbons (Fsp3) is 0.941. The van der Waals surface area contributed by atoms with Crippen LogP contribution in [0.3, 0.4) is 0 Å². The smallest absolute Gasteiger partial charge is 0.302 e. The molecule has 1 unspecified atom stereocenters. The van der Waals surface area contributed by atoms with Gasteiger partial charge >= 0.3 is 5.97 Å². The van der Waals surface area contributed by atoms with Crippen molar-refractivity contribution in [2.45, 2.75) is 97.4 Å². The highest BCUT2D eigenvalue weighted by Crippen LogP contribution is 2.36. The third-order valence-corrected chi connectivity index (χ3v) is 8.94. The molecule has 0 aromatic carbocycles. The lowest BCUT2D eigenvalue weighted by Gasteiger charge is -2.36. The lowest BCUT2D eigenvalue weighted by Crippen LogP contribution is -2.40. The second kappa shape index (κ2) is 9.62. The van der Waals surface area contributed by atoms with E-state index in [0.717, 1.165) is 45.1 Å². The van der Waals surface area contributed by atoms with Crippen molar-refractivity contribution in [2.75, 3.05) is 6.61 Å². The van der Waals surface area contributed by atoms with Gasteiger partial charge in [0.05, 0.1) is 0 Å². The maximum Gasteiger partial charge on any atom is 0.302 e. The minimum Gasteiger partial charge on any atom is -0.463 e. The van der Waals surface area contributed by atoms with Crippen molar-refractivity contribution in [3.05, 3.63) is 0 Å². The molecule has 0 aliphatic heterocycles. The van der Waals surface area contributed by atoms with Crippen LogP contribution in [-0.2, 0) is 14.0 Å². The largest absolute Gasteiger partial charge is 0.463 e. The summed E-state index contributed by atoms with van der Waals surface area (Å²) in [4.78, 5) is 11.1. The van der Waals surface area contributed by atoms with Crippen LogP contribution >= 0.6 is 0 Å². The molecule has 0 aromatic heterocycles. The van der Waals surface area contributed by atoms with Crippen molar-refractivity contribution < 1.29 is 14.0 Å². The number of hydrogen-bond acceptors (Lipinski definition) is 3. The molecule has 0 saturated carbocycles. The molecule has 21 heavy (non-hydrogen) atoms. The molecular weight excluding hydrogens is 280 g/mol. The van der Waals surface area contributed by atoms with E-state index in [9.17, 15) is 4.79 Å². The zero-order valence-corrected chi connectivity index (χ0v) is 16.3. The summed E-state index contributed by atoms with van der Waals surface area (Å²) in [6.45, 7) is 15.9. The summed E-state index contributed by atoms with van der Waals surface area (Å²) in [5.41, 5.74) is 0. The zero-order chi connectivity index (χ0) is 16.5. The molecule has 0 spiro atoms. The number of ether oxygens (including phenoxy) is 1. The molecule has 0 aromatic rings. The average Bonchev–Trinajstić information content (AvgIpc) is 2.33. The van der Waals surface area contributed by atoms with Gasteiger partial charge in [-0.2, -0.15) is 0 Å². The highest BCUT2D eigenvalue weighted by atomic mass is 28.4. The Balaban J connectivity index is 3.97. The Morgan fingerprint density at radius 1 is 1.10 bits per heavy atom. The molecule has 0 amide bonds. The van der Waals surface area contributed by atoms with Crippen LogP contribution < -0.4 is 0 Å². The number of rotatable bonds is 10. The Morgan fingerprint density at radius 2 is 1.67 bits per heavy atom. The Kier molecular flexibility index (Phi) is 9.46. The van der Waals surface area contributed by atoms with Gasteiger partial charge in [0, 0.05) is 13.5 Å². The van der Waals surface area contributed by atoms with Crippen molar-refractivity contribution in [1.82, 2.24) is 0 Å². The van der Waals surface area contributed by atoms with Gasteiger partial charge in [-0.1, -0.05) is 40.5 Å². The lowest BCUT2D eigenvalue weighted by atomic mass is 10.1. The van der Waals surface area contributed by atoms with Crippen molar-refractivity contribution in [1.29, 1.82) is 0 Å². The molecule has 0 aliphatic carbocycles. The van der Waals surface area contributed by atoms with E-state index in [0.29, 0.717) is 0 Å². The lowest BCUT2D eigenvalue weighted by molar-refractivity contribution is -0.147. The van der Waals surface area contributed by atoms with Crippen LogP contribution in [0, 0.1) is 0 Å². The topological polar surface area (TPSA) is 35.5 Å². The molecule has 0 bridgehead atoms. The van der Waals surface area contributed by atoms with Gasteiger partial charge in [-0.15, -0.1) is 0 Å². The number of hydrogen-bond donors (Lipinski definition) is 0. The van der Waals surface area contributed by atoms with Crippen molar-refractivity contribution in [2.24, 2.45) is 0 Å². The summed E-state index contributed by atoms with van der Waals surface area (Å²) >= 11 is 0. The van der Waals surface area contributed by atoms with Gasteiger partial charge < -0.3 is 9.16 Å². The predicted molar refractivity (Wildman–Crippen MR) is 92.1 cm³/mol. The van der Waals surface area contributed by atoms with Crippen molar-refractivity contribution >= 4 is 14.3 Å². The minimum absolute atomic E-state index is 0.0929. The Morgan fingerprint density at radius 3 is 2.14 bits per heavy atom. The van der Waals surface area contributed by atoms with Crippen LogP contribution in [0.25, 0.3) is 0 Å². The van der Waals surface area contributed by atoms with Crippen LogP contribution in [0.15, 0.2) is 0 Å².